The summed E-state index contributed by atoms with van der Waals surface area (Å²) in [5.74, 6) is 0.486. The minimum Gasteiger partial charge on any atom is -0.508 e. The predicted octanol–water partition coefficient (Wildman–Crippen LogP) is 3.57. The van der Waals surface area contributed by atoms with Crippen LogP contribution in [0.1, 0.15) is 40.0 Å². The van der Waals surface area contributed by atoms with Gasteiger partial charge in [0.05, 0.1) is 0 Å². The number of phenols is 1. The second-order valence-electron chi connectivity index (χ2n) is 6.04. The van der Waals surface area contributed by atoms with Gasteiger partial charge in [-0.3, -0.25) is 4.79 Å². The van der Waals surface area contributed by atoms with Crippen molar-refractivity contribution in [3.05, 3.63) is 24.3 Å². The summed E-state index contributed by atoms with van der Waals surface area (Å²) in [7, 11) is 0. The molecule has 1 aromatic rings. The highest BCUT2D eigenvalue weighted by atomic mass is 16.3. The van der Waals surface area contributed by atoms with E-state index in [1.54, 1.807) is 23.1 Å². The molecule has 1 amide bonds. The summed E-state index contributed by atoms with van der Waals surface area (Å²) in [5, 5.41) is 9.57. The van der Waals surface area contributed by atoms with Crippen LogP contribution in [-0.4, -0.2) is 17.6 Å². The van der Waals surface area contributed by atoms with Gasteiger partial charge in [0.2, 0.25) is 5.91 Å². The van der Waals surface area contributed by atoms with E-state index < -0.39 is 0 Å². The quantitative estimate of drug-likeness (QED) is 0.903. The molecule has 3 nitrogen and oxygen atoms in total. The van der Waals surface area contributed by atoms with Gasteiger partial charge in [0.1, 0.15) is 5.75 Å². The molecular weight excluding hydrogens is 238 g/mol. The first-order valence-electron chi connectivity index (χ1n) is 7.06. The molecule has 2 rings (SSSR count). The summed E-state index contributed by atoms with van der Waals surface area (Å²) in [6, 6.07) is 6.94. The molecular formula is C16H23NO2. The maximum Gasteiger partial charge on any atom is 0.230 e. The molecule has 1 aromatic carbocycles. The Bertz CT molecular complexity index is 468. The first-order chi connectivity index (χ1) is 8.95. The first kappa shape index (κ1) is 13.9. The number of anilines is 1. The van der Waals surface area contributed by atoms with Crippen LogP contribution in [0.5, 0.6) is 5.75 Å². The zero-order valence-electron chi connectivity index (χ0n) is 12.0. The largest absolute Gasteiger partial charge is 0.508 e. The third-order valence-corrected chi connectivity index (χ3v) is 4.28. The Labute approximate surface area is 115 Å². The van der Waals surface area contributed by atoms with Crippen molar-refractivity contribution >= 4 is 11.6 Å². The molecule has 0 spiro atoms. The number of carbonyl (C=O) groups is 1. The van der Waals surface area contributed by atoms with Gasteiger partial charge in [-0.25, -0.2) is 0 Å². The molecule has 1 aliphatic carbocycles. The van der Waals surface area contributed by atoms with Crippen LogP contribution in [0.4, 0.5) is 5.69 Å². The zero-order valence-corrected chi connectivity index (χ0v) is 12.0. The van der Waals surface area contributed by atoms with Gasteiger partial charge in [-0.2, -0.15) is 0 Å². The SMILES string of the molecule is CCN(C(=O)C1CCCC1(C)C)c1cccc(O)c1. The maximum atomic E-state index is 12.7. The van der Waals surface area contributed by atoms with Gasteiger partial charge in [0.15, 0.2) is 0 Å². The van der Waals surface area contributed by atoms with Crippen LogP contribution in [0.25, 0.3) is 0 Å². The molecule has 1 fully saturated rings. The molecule has 3 heteroatoms. The number of aromatic hydroxyl groups is 1. The van der Waals surface area contributed by atoms with Crippen molar-refractivity contribution in [1.82, 2.24) is 0 Å². The van der Waals surface area contributed by atoms with Gasteiger partial charge in [0.25, 0.3) is 0 Å². The Hall–Kier alpha value is -1.51. The molecule has 1 unspecified atom stereocenters. The molecule has 0 saturated heterocycles. The Balaban J connectivity index is 2.25. The minimum atomic E-state index is 0.0847. The van der Waals surface area contributed by atoms with E-state index in [-0.39, 0.29) is 23.0 Å². The number of rotatable bonds is 3. The van der Waals surface area contributed by atoms with E-state index in [1.807, 2.05) is 13.0 Å². The molecule has 1 N–H and O–H groups in total. The number of phenolic OH excluding ortho intramolecular Hbond substituents is 1. The molecule has 19 heavy (non-hydrogen) atoms. The topological polar surface area (TPSA) is 40.5 Å². The smallest absolute Gasteiger partial charge is 0.230 e. The summed E-state index contributed by atoms with van der Waals surface area (Å²) in [6.45, 7) is 6.97. The van der Waals surface area contributed by atoms with Crippen molar-refractivity contribution in [2.45, 2.75) is 40.0 Å². The molecule has 1 saturated carbocycles. The lowest BCUT2D eigenvalue weighted by atomic mass is 9.81. The lowest BCUT2D eigenvalue weighted by Crippen LogP contribution is -2.40. The number of carbonyl (C=O) groups excluding carboxylic acids is 1. The maximum absolute atomic E-state index is 12.7. The second kappa shape index (κ2) is 5.24. The molecule has 0 heterocycles. The average Bonchev–Trinajstić information content (AvgIpc) is 2.70. The predicted molar refractivity (Wildman–Crippen MR) is 77.3 cm³/mol. The van der Waals surface area contributed by atoms with Crippen LogP contribution >= 0.6 is 0 Å². The third kappa shape index (κ3) is 2.75. The van der Waals surface area contributed by atoms with Gasteiger partial charge in [0, 0.05) is 24.2 Å². The van der Waals surface area contributed by atoms with Crippen molar-refractivity contribution in [3.63, 3.8) is 0 Å². The summed E-state index contributed by atoms with van der Waals surface area (Å²) < 4.78 is 0. The normalized spacial score (nSPS) is 21.3. The van der Waals surface area contributed by atoms with Gasteiger partial charge in [-0.15, -0.1) is 0 Å². The zero-order chi connectivity index (χ0) is 14.0. The van der Waals surface area contributed by atoms with E-state index >= 15 is 0 Å². The fraction of sp³-hybridized carbons (Fsp3) is 0.562. The lowest BCUT2D eigenvalue weighted by molar-refractivity contribution is -0.124. The van der Waals surface area contributed by atoms with E-state index in [0.717, 1.165) is 24.9 Å². The van der Waals surface area contributed by atoms with E-state index in [9.17, 15) is 9.90 Å². The van der Waals surface area contributed by atoms with Crippen molar-refractivity contribution < 1.29 is 9.90 Å². The molecule has 1 aliphatic rings. The van der Waals surface area contributed by atoms with Crippen molar-refractivity contribution in [1.29, 1.82) is 0 Å². The monoisotopic (exact) mass is 261 g/mol. The number of nitrogens with zero attached hydrogens (tertiary/aromatic N) is 1. The molecule has 0 bridgehead atoms. The highest BCUT2D eigenvalue weighted by Crippen LogP contribution is 2.44. The molecule has 1 atom stereocenters. The van der Waals surface area contributed by atoms with Gasteiger partial charge in [-0.1, -0.05) is 26.3 Å². The lowest BCUT2D eigenvalue weighted by Gasteiger charge is -2.31. The second-order valence-corrected chi connectivity index (χ2v) is 6.04. The van der Waals surface area contributed by atoms with E-state index in [1.165, 1.54) is 0 Å². The summed E-state index contributed by atoms with van der Waals surface area (Å²) in [4.78, 5) is 14.5. The van der Waals surface area contributed by atoms with Crippen LogP contribution in [0.3, 0.4) is 0 Å². The van der Waals surface area contributed by atoms with Gasteiger partial charge in [-0.05, 0) is 37.3 Å². The fourth-order valence-electron chi connectivity index (χ4n) is 3.10. The Kier molecular flexibility index (Phi) is 3.83. The van der Waals surface area contributed by atoms with Crippen molar-refractivity contribution in [2.24, 2.45) is 11.3 Å². The summed E-state index contributed by atoms with van der Waals surface area (Å²) in [6.07, 6.45) is 3.21. The minimum absolute atomic E-state index is 0.0847. The van der Waals surface area contributed by atoms with Crippen molar-refractivity contribution in [2.75, 3.05) is 11.4 Å². The molecule has 0 radical (unpaired) electrons. The summed E-state index contributed by atoms with van der Waals surface area (Å²) in [5.41, 5.74) is 0.872. The number of amides is 1. The standard InChI is InChI=1S/C16H23NO2/c1-4-17(12-7-5-8-13(18)11-12)15(19)14-9-6-10-16(14,2)3/h5,7-8,11,14,18H,4,6,9-10H2,1-3H3. The van der Waals surface area contributed by atoms with Crippen LogP contribution in [-0.2, 0) is 4.79 Å². The van der Waals surface area contributed by atoms with Crippen LogP contribution in [0, 0.1) is 11.3 Å². The number of benzene rings is 1. The number of hydrogen-bond acceptors (Lipinski definition) is 2. The average molecular weight is 261 g/mol. The highest BCUT2D eigenvalue weighted by Gasteiger charge is 2.41. The number of hydrogen-bond donors (Lipinski definition) is 1. The van der Waals surface area contributed by atoms with E-state index in [4.69, 9.17) is 0 Å². The molecule has 0 aliphatic heterocycles. The Morgan fingerprint density at radius 1 is 1.47 bits per heavy atom. The van der Waals surface area contributed by atoms with Gasteiger partial charge >= 0.3 is 0 Å². The Morgan fingerprint density at radius 2 is 2.21 bits per heavy atom. The van der Waals surface area contributed by atoms with Crippen LogP contribution in [0.15, 0.2) is 24.3 Å². The fourth-order valence-corrected chi connectivity index (χ4v) is 3.10. The third-order valence-electron chi connectivity index (χ3n) is 4.28. The van der Waals surface area contributed by atoms with Crippen molar-refractivity contribution in [3.8, 4) is 5.75 Å². The van der Waals surface area contributed by atoms with Gasteiger partial charge < -0.3 is 10.0 Å². The highest BCUT2D eigenvalue weighted by molar-refractivity contribution is 5.95. The van der Waals surface area contributed by atoms with E-state index in [2.05, 4.69) is 13.8 Å². The molecule has 104 valence electrons. The molecule has 0 aromatic heterocycles. The van der Waals surface area contributed by atoms with E-state index in [0.29, 0.717) is 6.54 Å². The van der Waals surface area contributed by atoms with Crippen LogP contribution < -0.4 is 4.90 Å². The van der Waals surface area contributed by atoms with Crippen LogP contribution in [0.2, 0.25) is 0 Å². The summed E-state index contributed by atoms with van der Waals surface area (Å²) >= 11 is 0. The first-order valence-corrected chi connectivity index (χ1v) is 7.06. The Morgan fingerprint density at radius 3 is 2.74 bits per heavy atom.